The predicted octanol–water partition coefficient (Wildman–Crippen LogP) is 2.41. The van der Waals surface area contributed by atoms with Gasteiger partial charge in [-0.15, -0.1) is 0 Å². The first-order valence-electron chi connectivity index (χ1n) is 7.46. The molecule has 1 aromatic rings. The molecule has 0 amide bonds. The van der Waals surface area contributed by atoms with Crippen LogP contribution in [0.25, 0.3) is 0 Å². The second kappa shape index (κ2) is 7.94. The van der Waals surface area contributed by atoms with E-state index in [2.05, 4.69) is 10.6 Å². The van der Waals surface area contributed by atoms with Gasteiger partial charge in [0.05, 0.1) is 24.4 Å². The van der Waals surface area contributed by atoms with E-state index in [-0.39, 0.29) is 17.6 Å². The van der Waals surface area contributed by atoms with Gasteiger partial charge in [0.15, 0.2) is 5.78 Å². The van der Waals surface area contributed by atoms with E-state index in [0.717, 1.165) is 5.69 Å². The van der Waals surface area contributed by atoms with E-state index in [1.807, 2.05) is 38.1 Å². The van der Waals surface area contributed by atoms with Gasteiger partial charge in [-0.25, -0.2) is 0 Å². The lowest BCUT2D eigenvalue weighted by molar-refractivity contribution is -0.123. The highest BCUT2D eigenvalue weighted by atomic mass is 16.5. The highest BCUT2D eigenvalue weighted by Gasteiger charge is 2.27. The van der Waals surface area contributed by atoms with Gasteiger partial charge in [-0.1, -0.05) is 12.1 Å². The molecule has 122 valence electrons. The normalized spacial score (nSPS) is 12.6. The van der Waals surface area contributed by atoms with Crippen LogP contribution in [0.4, 0.5) is 5.69 Å². The molecule has 0 radical (unpaired) electrons. The Kier molecular flexibility index (Phi) is 6.56. The van der Waals surface area contributed by atoms with Crippen molar-refractivity contribution in [1.82, 2.24) is 5.32 Å². The van der Waals surface area contributed by atoms with Crippen LogP contribution in [0.5, 0.6) is 5.75 Å². The molecule has 0 saturated carbocycles. The zero-order valence-electron chi connectivity index (χ0n) is 14.0. The summed E-state index contributed by atoms with van der Waals surface area (Å²) in [4.78, 5) is 23.5. The third-order valence-electron chi connectivity index (χ3n) is 3.66. The monoisotopic (exact) mass is 306 g/mol. The minimum Gasteiger partial charge on any atom is -0.495 e. The Morgan fingerprint density at radius 2 is 1.91 bits per heavy atom. The largest absolute Gasteiger partial charge is 0.495 e. The number of ketones is 2. The molecule has 1 aromatic carbocycles. The summed E-state index contributed by atoms with van der Waals surface area (Å²) in [6.07, 6.45) is 0.354. The highest BCUT2D eigenvalue weighted by Crippen LogP contribution is 2.27. The molecule has 0 aliphatic carbocycles. The molecule has 2 N–H and O–H groups in total. The van der Waals surface area contributed by atoms with Crippen molar-refractivity contribution in [1.29, 1.82) is 0 Å². The van der Waals surface area contributed by atoms with E-state index < -0.39 is 5.54 Å². The van der Waals surface area contributed by atoms with Gasteiger partial charge in [0.2, 0.25) is 0 Å². The first kappa shape index (κ1) is 18.2. The van der Waals surface area contributed by atoms with E-state index in [1.54, 1.807) is 14.0 Å². The SMILES string of the molecule is COc1ccccc1NC(C)(C)C(=O)CCNC(C)C(C)=O. The third kappa shape index (κ3) is 5.15. The van der Waals surface area contributed by atoms with Gasteiger partial charge in [-0.2, -0.15) is 0 Å². The van der Waals surface area contributed by atoms with E-state index >= 15 is 0 Å². The number of carbonyl (C=O) groups excluding carboxylic acids is 2. The molecule has 0 aliphatic rings. The van der Waals surface area contributed by atoms with Gasteiger partial charge in [0, 0.05) is 13.0 Å². The van der Waals surface area contributed by atoms with Gasteiger partial charge < -0.3 is 15.4 Å². The summed E-state index contributed by atoms with van der Waals surface area (Å²) < 4.78 is 5.29. The Hall–Kier alpha value is -1.88. The molecule has 1 rings (SSSR count). The number of methoxy groups -OCH3 is 1. The second-order valence-corrected chi connectivity index (χ2v) is 5.91. The van der Waals surface area contributed by atoms with Crippen LogP contribution in [0.3, 0.4) is 0 Å². The number of para-hydroxylation sites is 2. The Labute approximate surface area is 132 Å². The Bertz CT molecular complexity index is 526. The van der Waals surface area contributed by atoms with Crippen LogP contribution in [0, 0.1) is 0 Å². The maximum atomic E-state index is 12.4. The van der Waals surface area contributed by atoms with E-state index in [1.165, 1.54) is 6.92 Å². The number of nitrogens with one attached hydrogen (secondary N) is 2. The molecule has 0 bridgehead atoms. The molecule has 0 aliphatic heterocycles. The third-order valence-corrected chi connectivity index (χ3v) is 3.66. The average Bonchev–Trinajstić information content (AvgIpc) is 2.46. The van der Waals surface area contributed by atoms with Gasteiger partial charge in [-0.3, -0.25) is 9.59 Å². The second-order valence-electron chi connectivity index (χ2n) is 5.91. The van der Waals surface area contributed by atoms with Crippen LogP contribution in [-0.4, -0.2) is 36.8 Å². The summed E-state index contributed by atoms with van der Waals surface area (Å²) in [6, 6.07) is 7.27. The van der Waals surface area contributed by atoms with E-state index in [9.17, 15) is 9.59 Å². The van der Waals surface area contributed by atoms with Crippen LogP contribution >= 0.6 is 0 Å². The lowest BCUT2D eigenvalue weighted by atomic mass is 9.96. The number of Topliss-reactive ketones (excluding diaryl/α,β-unsaturated/α-hetero) is 2. The highest BCUT2D eigenvalue weighted by molar-refractivity contribution is 5.91. The quantitative estimate of drug-likeness (QED) is 0.733. The van der Waals surface area contributed by atoms with Crippen molar-refractivity contribution in [3.05, 3.63) is 24.3 Å². The van der Waals surface area contributed by atoms with Crippen LogP contribution in [0.1, 0.15) is 34.1 Å². The summed E-state index contributed by atoms with van der Waals surface area (Å²) in [5, 5.41) is 6.28. The topological polar surface area (TPSA) is 67.4 Å². The summed E-state index contributed by atoms with van der Waals surface area (Å²) in [7, 11) is 1.60. The molecule has 1 unspecified atom stereocenters. The fourth-order valence-corrected chi connectivity index (χ4v) is 2.01. The first-order chi connectivity index (χ1) is 10.3. The fourth-order valence-electron chi connectivity index (χ4n) is 2.01. The van der Waals surface area contributed by atoms with Gasteiger partial charge in [-0.05, 0) is 39.8 Å². The molecular formula is C17H26N2O3. The molecule has 0 aromatic heterocycles. The number of benzene rings is 1. The smallest absolute Gasteiger partial charge is 0.158 e. The molecule has 0 spiro atoms. The lowest BCUT2D eigenvalue weighted by Crippen LogP contribution is -2.42. The van der Waals surface area contributed by atoms with Crippen LogP contribution < -0.4 is 15.4 Å². The van der Waals surface area contributed by atoms with Crippen molar-refractivity contribution in [3.8, 4) is 5.75 Å². The summed E-state index contributed by atoms with van der Waals surface area (Å²) in [5.41, 5.74) is 0.0730. The summed E-state index contributed by atoms with van der Waals surface area (Å²) in [5.74, 6) is 0.840. The van der Waals surface area contributed by atoms with Crippen molar-refractivity contribution >= 4 is 17.3 Å². The van der Waals surface area contributed by atoms with Crippen LogP contribution in [0.15, 0.2) is 24.3 Å². The van der Waals surface area contributed by atoms with Gasteiger partial charge >= 0.3 is 0 Å². The number of hydrogen-bond acceptors (Lipinski definition) is 5. The first-order valence-corrected chi connectivity index (χ1v) is 7.46. The number of hydrogen-bond donors (Lipinski definition) is 2. The van der Waals surface area contributed by atoms with E-state index in [4.69, 9.17) is 4.74 Å². The van der Waals surface area contributed by atoms with Crippen molar-refractivity contribution in [3.63, 3.8) is 0 Å². The molecule has 0 fully saturated rings. The molecule has 0 saturated heterocycles. The minimum atomic E-state index is -0.713. The lowest BCUT2D eigenvalue weighted by Gasteiger charge is -2.27. The molecule has 5 nitrogen and oxygen atoms in total. The van der Waals surface area contributed by atoms with Crippen LogP contribution in [-0.2, 0) is 9.59 Å². The maximum Gasteiger partial charge on any atom is 0.158 e. The molecule has 5 heteroatoms. The van der Waals surface area contributed by atoms with Crippen molar-refractivity contribution < 1.29 is 14.3 Å². The Morgan fingerprint density at radius 1 is 1.27 bits per heavy atom. The van der Waals surface area contributed by atoms with Crippen molar-refractivity contribution in [2.45, 2.75) is 45.7 Å². The molecule has 22 heavy (non-hydrogen) atoms. The number of anilines is 1. The van der Waals surface area contributed by atoms with Crippen LogP contribution in [0.2, 0.25) is 0 Å². The van der Waals surface area contributed by atoms with Gasteiger partial charge in [0.1, 0.15) is 11.5 Å². The number of rotatable bonds is 9. The van der Waals surface area contributed by atoms with Crippen molar-refractivity contribution in [2.24, 2.45) is 0 Å². The fraction of sp³-hybridized carbons (Fsp3) is 0.529. The Balaban J connectivity index is 2.61. The predicted molar refractivity (Wildman–Crippen MR) is 88.5 cm³/mol. The van der Waals surface area contributed by atoms with Crippen molar-refractivity contribution in [2.75, 3.05) is 19.0 Å². The Morgan fingerprint density at radius 3 is 2.50 bits per heavy atom. The van der Waals surface area contributed by atoms with E-state index in [0.29, 0.717) is 18.7 Å². The standard InChI is InChI=1S/C17H26N2O3/c1-12(13(2)20)18-11-10-16(21)17(3,4)19-14-8-6-7-9-15(14)22-5/h6-9,12,18-19H,10-11H2,1-5H3. The van der Waals surface area contributed by atoms with Gasteiger partial charge in [0.25, 0.3) is 0 Å². The summed E-state index contributed by atoms with van der Waals surface area (Å²) >= 11 is 0. The minimum absolute atomic E-state index is 0.0684. The zero-order chi connectivity index (χ0) is 16.8. The number of ether oxygens (including phenoxy) is 1. The molecule has 0 heterocycles. The molecule has 1 atom stereocenters. The maximum absolute atomic E-state index is 12.4. The summed E-state index contributed by atoms with van der Waals surface area (Å²) in [6.45, 7) is 7.50. The number of carbonyl (C=O) groups is 2. The molecular weight excluding hydrogens is 280 g/mol. The zero-order valence-corrected chi connectivity index (χ0v) is 14.0. The average molecular weight is 306 g/mol.